The van der Waals surface area contributed by atoms with Crippen LogP contribution >= 0.6 is 23.2 Å². The summed E-state index contributed by atoms with van der Waals surface area (Å²) in [6.45, 7) is 2.76. The number of nitrogens with one attached hydrogen (secondary N) is 2. The molecule has 0 aliphatic heterocycles. The Kier molecular flexibility index (Phi) is 6.45. The lowest BCUT2D eigenvalue weighted by Gasteiger charge is -2.15. The molecule has 1 aromatic heterocycles. The summed E-state index contributed by atoms with van der Waals surface area (Å²) >= 11 is 12.0. The Morgan fingerprint density at radius 3 is 2.56 bits per heavy atom. The van der Waals surface area contributed by atoms with Crippen LogP contribution in [0.4, 0.5) is 5.69 Å². The van der Waals surface area contributed by atoms with E-state index in [1.54, 1.807) is 18.2 Å². The second kappa shape index (κ2) is 9.00. The molecular formula is C21H19Cl2N3O. The van der Waals surface area contributed by atoms with Gasteiger partial charge in [0.05, 0.1) is 16.3 Å². The minimum absolute atomic E-state index is 0.208. The molecule has 0 bridgehead atoms. The van der Waals surface area contributed by atoms with Crippen LogP contribution in [0.3, 0.4) is 0 Å². The highest BCUT2D eigenvalue weighted by atomic mass is 35.5. The summed E-state index contributed by atoms with van der Waals surface area (Å²) < 4.78 is 0. The zero-order valence-electron chi connectivity index (χ0n) is 14.7. The van der Waals surface area contributed by atoms with Crippen LogP contribution in [0.15, 0.2) is 66.9 Å². The largest absolute Gasteiger partial charge is 0.321 e. The molecule has 0 saturated heterocycles. The molecule has 0 radical (unpaired) electrons. The van der Waals surface area contributed by atoms with Gasteiger partial charge in [-0.2, -0.15) is 0 Å². The maximum atomic E-state index is 12.4. The minimum Gasteiger partial charge on any atom is -0.321 e. The number of anilines is 1. The van der Waals surface area contributed by atoms with Crippen molar-refractivity contribution in [2.24, 2.45) is 0 Å². The standard InChI is InChI=1S/C21H19Cl2N3O/c1-14(16-5-3-2-4-6-16)24-12-15-7-9-18(22)19(11-15)26-21(27)17-8-10-20(23)25-13-17/h2-11,13-14,24H,12H2,1H3,(H,26,27). The molecular weight excluding hydrogens is 381 g/mol. The van der Waals surface area contributed by atoms with Gasteiger partial charge >= 0.3 is 0 Å². The first kappa shape index (κ1) is 19.4. The SMILES string of the molecule is CC(NCc1ccc(Cl)c(NC(=O)c2ccc(Cl)nc2)c1)c1ccccc1. The monoisotopic (exact) mass is 399 g/mol. The zero-order chi connectivity index (χ0) is 19.2. The lowest BCUT2D eigenvalue weighted by atomic mass is 10.1. The average molecular weight is 400 g/mol. The summed E-state index contributed by atoms with van der Waals surface area (Å²) in [5, 5.41) is 7.11. The van der Waals surface area contributed by atoms with Crippen LogP contribution in [0.2, 0.25) is 10.2 Å². The van der Waals surface area contributed by atoms with Crippen molar-refractivity contribution in [2.75, 3.05) is 5.32 Å². The van der Waals surface area contributed by atoms with Gasteiger partial charge in [-0.1, -0.05) is 59.6 Å². The van der Waals surface area contributed by atoms with Gasteiger partial charge < -0.3 is 10.6 Å². The van der Waals surface area contributed by atoms with E-state index < -0.39 is 0 Å². The first-order valence-electron chi connectivity index (χ1n) is 8.52. The molecule has 1 unspecified atom stereocenters. The highest BCUT2D eigenvalue weighted by molar-refractivity contribution is 6.34. The Hall–Kier alpha value is -2.40. The van der Waals surface area contributed by atoms with E-state index in [0.717, 1.165) is 5.56 Å². The van der Waals surface area contributed by atoms with Crippen molar-refractivity contribution in [2.45, 2.75) is 19.5 Å². The zero-order valence-corrected chi connectivity index (χ0v) is 16.3. The fourth-order valence-corrected chi connectivity index (χ4v) is 2.89. The van der Waals surface area contributed by atoms with E-state index in [1.165, 1.54) is 11.8 Å². The van der Waals surface area contributed by atoms with Crippen molar-refractivity contribution in [3.05, 3.63) is 93.7 Å². The van der Waals surface area contributed by atoms with Crippen molar-refractivity contribution >= 4 is 34.8 Å². The first-order chi connectivity index (χ1) is 13.0. The molecule has 0 saturated carbocycles. The molecule has 1 amide bonds. The molecule has 2 aromatic carbocycles. The molecule has 0 aliphatic rings. The summed E-state index contributed by atoms with van der Waals surface area (Å²) in [4.78, 5) is 16.3. The molecule has 27 heavy (non-hydrogen) atoms. The van der Waals surface area contributed by atoms with Crippen LogP contribution in [0, 0.1) is 0 Å². The van der Waals surface area contributed by atoms with E-state index in [0.29, 0.717) is 28.0 Å². The topological polar surface area (TPSA) is 54.0 Å². The van der Waals surface area contributed by atoms with E-state index in [-0.39, 0.29) is 11.9 Å². The summed E-state index contributed by atoms with van der Waals surface area (Å²) in [6, 6.07) is 19.2. The number of carbonyl (C=O) groups is 1. The van der Waals surface area contributed by atoms with Crippen molar-refractivity contribution < 1.29 is 4.79 Å². The molecule has 3 rings (SSSR count). The highest BCUT2D eigenvalue weighted by Crippen LogP contribution is 2.24. The Labute approximate surface area is 168 Å². The number of aromatic nitrogens is 1. The number of hydrogen-bond acceptors (Lipinski definition) is 3. The Morgan fingerprint density at radius 1 is 1.07 bits per heavy atom. The smallest absolute Gasteiger partial charge is 0.257 e. The molecule has 2 N–H and O–H groups in total. The fourth-order valence-electron chi connectivity index (χ4n) is 2.61. The number of halogens is 2. The minimum atomic E-state index is -0.288. The van der Waals surface area contributed by atoms with Gasteiger partial charge in [0.1, 0.15) is 5.15 Å². The van der Waals surface area contributed by atoms with E-state index in [2.05, 4.69) is 34.7 Å². The maximum Gasteiger partial charge on any atom is 0.257 e. The summed E-state index contributed by atoms with van der Waals surface area (Å²) in [7, 11) is 0. The van der Waals surface area contributed by atoms with Crippen LogP contribution in [-0.2, 0) is 6.54 Å². The van der Waals surface area contributed by atoms with Crippen molar-refractivity contribution in [3.63, 3.8) is 0 Å². The highest BCUT2D eigenvalue weighted by Gasteiger charge is 2.11. The summed E-state index contributed by atoms with van der Waals surface area (Å²) in [5.41, 5.74) is 3.21. The van der Waals surface area contributed by atoms with E-state index in [1.807, 2.05) is 30.3 Å². The predicted molar refractivity (Wildman–Crippen MR) is 110 cm³/mol. The lowest BCUT2D eigenvalue weighted by molar-refractivity contribution is 0.102. The van der Waals surface area contributed by atoms with Gasteiger partial charge in [-0.15, -0.1) is 0 Å². The molecule has 0 fully saturated rings. The number of pyridine rings is 1. The molecule has 4 nitrogen and oxygen atoms in total. The van der Waals surface area contributed by atoms with Gasteiger partial charge in [0, 0.05) is 18.8 Å². The molecule has 1 atom stereocenters. The average Bonchev–Trinajstić information content (AvgIpc) is 2.69. The van der Waals surface area contributed by atoms with Crippen molar-refractivity contribution in [1.29, 1.82) is 0 Å². The van der Waals surface area contributed by atoms with E-state index >= 15 is 0 Å². The van der Waals surface area contributed by atoms with Gasteiger partial charge in [-0.25, -0.2) is 4.98 Å². The molecule has 0 spiro atoms. The Balaban J connectivity index is 1.67. The van der Waals surface area contributed by atoms with Crippen LogP contribution in [0.1, 0.15) is 34.5 Å². The molecule has 1 heterocycles. The number of amides is 1. The Bertz CT molecular complexity index is 914. The quantitative estimate of drug-likeness (QED) is 0.538. The molecule has 0 aliphatic carbocycles. The summed E-state index contributed by atoms with van der Waals surface area (Å²) in [5.74, 6) is -0.288. The van der Waals surface area contributed by atoms with Crippen LogP contribution in [0.25, 0.3) is 0 Å². The second-order valence-electron chi connectivity index (χ2n) is 6.15. The van der Waals surface area contributed by atoms with Gasteiger partial charge in [0.25, 0.3) is 5.91 Å². The number of carbonyl (C=O) groups excluding carboxylic acids is 1. The van der Waals surface area contributed by atoms with Crippen LogP contribution in [0.5, 0.6) is 0 Å². The number of benzene rings is 2. The maximum absolute atomic E-state index is 12.4. The van der Waals surface area contributed by atoms with Crippen molar-refractivity contribution in [3.8, 4) is 0 Å². The van der Waals surface area contributed by atoms with E-state index in [9.17, 15) is 4.79 Å². The number of hydrogen-bond donors (Lipinski definition) is 2. The van der Waals surface area contributed by atoms with Gasteiger partial charge in [-0.05, 0) is 42.3 Å². The predicted octanol–water partition coefficient (Wildman–Crippen LogP) is 5.49. The third-order valence-corrected chi connectivity index (χ3v) is 4.73. The van der Waals surface area contributed by atoms with Crippen LogP contribution in [-0.4, -0.2) is 10.9 Å². The van der Waals surface area contributed by atoms with Crippen molar-refractivity contribution in [1.82, 2.24) is 10.3 Å². The summed E-state index contributed by atoms with van der Waals surface area (Å²) in [6.07, 6.45) is 1.43. The fraction of sp³-hybridized carbons (Fsp3) is 0.143. The van der Waals surface area contributed by atoms with Gasteiger partial charge in [0.2, 0.25) is 0 Å². The third kappa shape index (κ3) is 5.30. The molecule has 3 aromatic rings. The van der Waals surface area contributed by atoms with Gasteiger partial charge in [-0.3, -0.25) is 4.79 Å². The third-order valence-electron chi connectivity index (χ3n) is 4.18. The van der Waals surface area contributed by atoms with Crippen LogP contribution < -0.4 is 10.6 Å². The number of nitrogens with zero attached hydrogens (tertiary/aromatic N) is 1. The van der Waals surface area contributed by atoms with Gasteiger partial charge in [0.15, 0.2) is 0 Å². The van der Waals surface area contributed by atoms with E-state index in [4.69, 9.17) is 23.2 Å². The first-order valence-corrected chi connectivity index (χ1v) is 9.28. The Morgan fingerprint density at radius 2 is 1.85 bits per heavy atom. The number of rotatable bonds is 6. The normalized spacial score (nSPS) is 11.8. The molecule has 6 heteroatoms. The molecule has 138 valence electrons. The second-order valence-corrected chi connectivity index (χ2v) is 6.95. The lowest BCUT2D eigenvalue weighted by Crippen LogP contribution is -2.18.